The lowest BCUT2D eigenvalue weighted by Gasteiger charge is -2.24. The van der Waals surface area contributed by atoms with Gasteiger partial charge in [-0.2, -0.15) is 0 Å². The fourth-order valence-corrected chi connectivity index (χ4v) is 3.80. The average molecular weight is 253 g/mol. The fourth-order valence-electron chi connectivity index (χ4n) is 3.80. The third-order valence-electron chi connectivity index (χ3n) is 4.74. The zero-order valence-electron chi connectivity index (χ0n) is 11.0. The van der Waals surface area contributed by atoms with Crippen molar-refractivity contribution in [1.82, 2.24) is 9.55 Å². The highest BCUT2D eigenvalue weighted by atomic mass is 15.0. The lowest BCUT2D eigenvalue weighted by molar-refractivity contribution is 0.440. The molecule has 3 atom stereocenters. The van der Waals surface area contributed by atoms with Gasteiger partial charge in [0.1, 0.15) is 0 Å². The van der Waals surface area contributed by atoms with Crippen LogP contribution in [0.2, 0.25) is 0 Å². The first-order valence-corrected chi connectivity index (χ1v) is 7.23. The standard InChI is InChI=1S/C16H19N3/c1-2-14(10-15(3-1)19-7-6-17-11-19)18-16-9-12-4-5-13(16)8-12/h1-3,6-7,10-13,16,18H,4-5,8-9H2. The Hall–Kier alpha value is -1.77. The summed E-state index contributed by atoms with van der Waals surface area (Å²) in [5.41, 5.74) is 2.41. The maximum absolute atomic E-state index is 4.11. The van der Waals surface area contributed by atoms with Crippen LogP contribution in [0.3, 0.4) is 0 Å². The molecule has 1 N–H and O–H groups in total. The molecule has 4 rings (SSSR count). The molecule has 0 amide bonds. The van der Waals surface area contributed by atoms with Gasteiger partial charge in [0.15, 0.2) is 0 Å². The first-order valence-electron chi connectivity index (χ1n) is 7.23. The van der Waals surface area contributed by atoms with Crippen LogP contribution in [0.4, 0.5) is 5.69 Å². The van der Waals surface area contributed by atoms with Gasteiger partial charge in [-0.3, -0.25) is 0 Å². The molecule has 2 bridgehead atoms. The second-order valence-electron chi connectivity index (χ2n) is 5.95. The van der Waals surface area contributed by atoms with Crippen molar-refractivity contribution in [2.45, 2.75) is 31.7 Å². The van der Waals surface area contributed by atoms with Crippen molar-refractivity contribution >= 4 is 5.69 Å². The van der Waals surface area contributed by atoms with E-state index in [4.69, 9.17) is 0 Å². The molecule has 2 saturated carbocycles. The Morgan fingerprint density at radius 1 is 1.21 bits per heavy atom. The molecule has 2 aliphatic rings. The first-order chi connectivity index (χ1) is 9.38. The predicted octanol–water partition coefficient (Wildman–Crippen LogP) is 3.47. The monoisotopic (exact) mass is 253 g/mol. The zero-order chi connectivity index (χ0) is 12.7. The highest BCUT2D eigenvalue weighted by Crippen LogP contribution is 2.45. The summed E-state index contributed by atoms with van der Waals surface area (Å²) in [6.07, 6.45) is 11.3. The maximum atomic E-state index is 4.11. The van der Waals surface area contributed by atoms with E-state index >= 15 is 0 Å². The molecule has 1 aromatic carbocycles. The van der Waals surface area contributed by atoms with Crippen molar-refractivity contribution in [2.24, 2.45) is 11.8 Å². The zero-order valence-corrected chi connectivity index (χ0v) is 11.0. The normalized spacial score (nSPS) is 28.7. The van der Waals surface area contributed by atoms with E-state index in [0.717, 1.165) is 11.8 Å². The van der Waals surface area contributed by atoms with Crippen LogP contribution in [0, 0.1) is 11.8 Å². The van der Waals surface area contributed by atoms with Crippen LogP contribution < -0.4 is 5.32 Å². The quantitative estimate of drug-likeness (QED) is 0.907. The van der Waals surface area contributed by atoms with Crippen LogP contribution >= 0.6 is 0 Å². The summed E-state index contributed by atoms with van der Waals surface area (Å²) < 4.78 is 2.05. The number of rotatable bonds is 3. The largest absolute Gasteiger partial charge is 0.382 e. The lowest BCUT2D eigenvalue weighted by Crippen LogP contribution is -2.25. The highest BCUT2D eigenvalue weighted by Gasteiger charge is 2.39. The molecule has 2 aliphatic carbocycles. The van der Waals surface area contributed by atoms with E-state index in [1.54, 1.807) is 0 Å². The molecule has 98 valence electrons. The molecule has 1 aromatic heterocycles. The lowest BCUT2D eigenvalue weighted by atomic mass is 9.95. The van der Waals surface area contributed by atoms with Crippen LogP contribution in [0.15, 0.2) is 43.0 Å². The number of nitrogens with zero attached hydrogens (tertiary/aromatic N) is 2. The Bertz CT molecular complexity index is 561. The number of anilines is 1. The summed E-state index contributed by atoms with van der Waals surface area (Å²) in [5, 5.41) is 3.74. The second-order valence-corrected chi connectivity index (χ2v) is 5.95. The third-order valence-corrected chi connectivity index (χ3v) is 4.74. The summed E-state index contributed by atoms with van der Waals surface area (Å²) in [5.74, 6) is 1.89. The molecular formula is C16H19N3. The number of hydrogen-bond donors (Lipinski definition) is 1. The van der Waals surface area contributed by atoms with Crippen LogP contribution in [-0.2, 0) is 0 Å². The van der Waals surface area contributed by atoms with E-state index in [1.165, 1.54) is 37.1 Å². The van der Waals surface area contributed by atoms with Gasteiger partial charge >= 0.3 is 0 Å². The van der Waals surface area contributed by atoms with Crippen LogP contribution in [0.5, 0.6) is 0 Å². The van der Waals surface area contributed by atoms with E-state index in [2.05, 4.69) is 34.6 Å². The van der Waals surface area contributed by atoms with Gasteiger partial charge in [0, 0.05) is 29.8 Å². The van der Waals surface area contributed by atoms with Crippen molar-refractivity contribution < 1.29 is 0 Å². The Morgan fingerprint density at radius 2 is 2.21 bits per heavy atom. The van der Waals surface area contributed by atoms with Gasteiger partial charge in [-0.05, 0) is 49.3 Å². The van der Waals surface area contributed by atoms with E-state index in [0.29, 0.717) is 6.04 Å². The molecule has 0 spiro atoms. The summed E-state index contributed by atoms with van der Waals surface area (Å²) in [4.78, 5) is 4.11. The van der Waals surface area contributed by atoms with Gasteiger partial charge in [-0.15, -0.1) is 0 Å². The minimum absolute atomic E-state index is 0.691. The molecule has 0 saturated heterocycles. The minimum Gasteiger partial charge on any atom is -0.382 e. The number of fused-ring (bicyclic) bond motifs is 2. The molecule has 0 aliphatic heterocycles. The van der Waals surface area contributed by atoms with Crippen LogP contribution in [-0.4, -0.2) is 15.6 Å². The molecule has 1 heterocycles. The molecule has 3 nitrogen and oxygen atoms in total. The molecule has 2 fully saturated rings. The number of benzene rings is 1. The van der Waals surface area contributed by atoms with Crippen molar-refractivity contribution in [3.63, 3.8) is 0 Å². The average Bonchev–Trinajstić information content (AvgIpc) is 3.17. The van der Waals surface area contributed by atoms with Crippen LogP contribution in [0.25, 0.3) is 5.69 Å². The fraction of sp³-hybridized carbons (Fsp3) is 0.438. The van der Waals surface area contributed by atoms with Gasteiger partial charge in [0.05, 0.1) is 6.33 Å². The smallest absolute Gasteiger partial charge is 0.0991 e. The summed E-state index contributed by atoms with van der Waals surface area (Å²) in [7, 11) is 0. The predicted molar refractivity (Wildman–Crippen MR) is 76.4 cm³/mol. The van der Waals surface area contributed by atoms with Gasteiger partial charge < -0.3 is 9.88 Å². The highest BCUT2D eigenvalue weighted by molar-refractivity contribution is 5.52. The van der Waals surface area contributed by atoms with Crippen molar-refractivity contribution in [3.8, 4) is 5.69 Å². The van der Waals surface area contributed by atoms with E-state index < -0.39 is 0 Å². The minimum atomic E-state index is 0.691. The van der Waals surface area contributed by atoms with E-state index in [-0.39, 0.29) is 0 Å². The van der Waals surface area contributed by atoms with Crippen molar-refractivity contribution in [2.75, 3.05) is 5.32 Å². The molecular weight excluding hydrogens is 234 g/mol. The molecule has 19 heavy (non-hydrogen) atoms. The van der Waals surface area contributed by atoms with Gasteiger partial charge in [0.25, 0.3) is 0 Å². The second kappa shape index (κ2) is 4.41. The molecule has 3 unspecified atom stereocenters. The molecule has 0 radical (unpaired) electrons. The third kappa shape index (κ3) is 2.03. The number of nitrogens with one attached hydrogen (secondary N) is 1. The summed E-state index contributed by atoms with van der Waals surface area (Å²) in [6.45, 7) is 0. The molecule has 3 heteroatoms. The maximum Gasteiger partial charge on any atom is 0.0991 e. The van der Waals surface area contributed by atoms with Crippen molar-refractivity contribution in [1.29, 1.82) is 0 Å². The molecule has 2 aromatic rings. The SMILES string of the molecule is c1cc(NC2CC3CCC2C3)cc(-n2ccnc2)c1. The van der Waals surface area contributed by atoms with Gasteiger partial charge in [0.2, 0.25) is 0 Å². The van der Waals surface area contributed by atoms with E-state index in [9.17, 15) is 0 Å². The Kier molecular flexibility index (Phi) is 2.57. The van der Waals surface area contributed by atoms with Crippen LogP contribution in [0.1, 0.15) is 25.7 Å². The summed E-state index contributed by atoms with van der Waals surface area (Å²) >= 11 is 0. The Labute approximate surface area is 113 Å². The number of hydrogen-bond acceptors (Lipinski definition) is 2. The Morgan fingerprint density at radius 3 is 2.95 bits per heavy atom. The van der Waals surface area contributed by atoms with Gasteiger partial charge in [-0.1, -0.05) is 12.5 Å². The number of imidazole rings is 1. The van der Waals surface area contributed by atoms with Gasteiger partial charge in [-0.25, -0.2) is 4.98 Å². The van der Waals surface area contributed by atoms with Crippen molar-refractivity contribution in [3.05, 3.63) is 43.0 Å². The first kappa shape index (κ1) is 11.1. The Balaban J connectivity index is 1.54. The number of aromatic nitrogens is 2. The summed E-state index contributed by atoms with van der Waals surface area (Å²) in [6, 6.07) is 9.32. The van der Waals surface area contributed by atoms with E-state index in [1.807, 2.05) is 23.3 Å². The topological polar surface area (TPSA) is 29.9 Å².